The second-order valence-corrected chi connectivity index (χ2v) is 5.86. The Morgan fingerprint density at radius 1 is 1.35 bits per heavy atom. The highest BCUT2D eigenvalue weighted by Gasteiger charge is 2.26. The smallest absolute Gasteiger partial charge is 0.358 e. The molecule has 108 valence electrons. The van der Waals surface area contributed by atoms with E-state index in [1.54, 1.807) is 4.68 Å². The summed E-state index contributed by atoms with van der Waals surface area (Å²) in [4.78, 5) is 16.6. The first-order valence-corrected chi connectivity index (χ1v) is 7.44. The Bertz CT molecular complexity index is 628. The van der Waals surface area contributed by atoms with Crippen LogP contribution < -0.4 is 0 Å². The molecule has 0 amide bonds. The van der Waals surface area contributed by atoms with Gasteiger partial charge in [0, 0.05) is 0 Å². The van der Waals surface area contributed by atoms with E-state index >= 15 is 0 Å². The molecule has 2 aromatic rings. The zero-order chi connectivity index (χ0) is 14.9. The lowest BCUT2D eigenvalue weighted by Crippen LogP contribution is -2.11. The summed E-state index contributed by atoms with van der Waals surface area (Å²) in [6, 6.07) is 0.146. The van der Waals surface area contributed by atoms with Crippen molar-refractivity contribution in [3.63, 3.8) is 0 Å². The third kappa shape index (κ3) is 2.45. The molecular formula is C13H18N4O2S. The predicted molar refractivity (Wildman–Crippen MR) is 77.2 cm³/mol. The molecule has 2 rings (SSSR count). The Labute approximate surface area is 121 Å². The molecule has 0 saturated heterocycles. The summed E-state index contributed by atoms with van der Waals surface area (Å²) in [5.74, 6) is -1.05. The maximum absolute atomic E-state index is 11.4. The summed E-state index contributed by atoms with van der Waals surface area (Å²) in [5, 5.41) is 18.2. The molecule has 0 aliphatic heterocycles. The lowest BCUT2D eigenvalue weighted by molar-refractivity contribution is 0.0691. The molecule has 0 aromatic carbocycles. The number of carboxylic acids is 1. The predicted octanol–water partition coefficient (Wildman–Crippen LogP) is 3.08. The number of carbonyl (C=O) groups is 1. The van der Waals surface area contributed by atoms with Gasteiger partial charge in [-0.2, -0.15) is 0 Å². The maximum atomic E-state index is 11.4. The van der Waals surface area contributed by atoms with Crippen LogP contribution in [0.25, 0.3) is 10.6 Å². The van der Waals surface area contributed by atoms with E-state index in [1.165, 1.54) is 11.3 Å². The number of aromatic carboxylic acids is 1. The zero-order valence-corrected chi connectivity index (χ0v) is 12.9. The van der Waals surface area contributed by atoms with Gasteiger partial charge in [-0.3, -0.25) is 0 Å². The average Bonchev–Trinajstić information content (AvgIpc) is 2.94. The van der Waals surface area contributed by atoms with Crippen molar-refractivity contribution in [1.29, 1.82) is 0 Å². The maximum Gasteiger partial charge on any atom is 0.358 e. The molecule has 0 aliphatic rings. The van der Waals surface area contributed by atoms with Crippen LogP contribution in [0.2, 0.25) is 0 Å². The van der Waals surface area contributed by atoms with Gasteiger partial charge < -0.3 is 5.11 Å². The second kappa shape index (κ2) is 5.70. The summed E-state index contributed by atoms with van der Waals surface area (Å²) >= 11 is 1.48. The first-order chi connectivity index (χ1) is 9.49. The highest BCUT2D eigenvalue weighted by Crippen LogP contribution is 2.34. The number of aromatic nitrogens is 4. The molecule has 0 saturated carbocycles. The standard InChI is InChI=1S/C13H18N4O2S/c1-5-9(6-2)17-11(10(13(18)19)15-16-17)12-7(3)14-8(4)20-12/h9H,5-6H2,1-4H3,(H,18,19). The number of nitrogens with zero attached hydrogens (tertiary/aromatic N) is 4. The second-order valence-electron chi connectivity index (χ2n) is 4.65. The Morgan fingerprint density at radius 2 is 2.00 bits per heavy atom. The van der Waals surface area contributed by atoms with Crippen molar-refractivity contribution in [2.24, 2.45) is 0 Å². The van der Waals surface area contributed by atoms with Crippen LogP contribution in [0.3, 0.4) is 0 Å². The van der Waals surface area contributed by atoms with Crippen LogP contribution in [0, 0.1) is 13.8 Å². The summed E-state index contributed by atoms with van der Waals surface area (Å²) in [5.41, 5.74) is 1.41. The first-order valence-electron chi connectivity index (χ1n) is 6.62. The van der Waals surface area contributed by atoms with Crippen LogP contribution in [-0.2, 0) is 0 Å². The lowest BCUT2D eigenvalue weighted by Gasteiger charge is -2.15. The van der Waals surface area contributed by atoms with E-state index in [-0.39, 0.29) is 11.7 Å². The minimum atomic E-state index is -1.05. The molecule has 0 bridgehead atoms. The van der Waals surface area contributed by atoms with Gasteiger partial charge in [0.05, 0.1) is 21.6 Å². The fourth-order valence-electron chi connectivity index (χ4n) is 2.29. The Balaban J connectivity index is 2.67. The van der Waals surface area contributed by atoms with Crippen LogP contribution >= 0.6 is 11.3 Å². The van der Waals surface area contributed by atoms with Crippen molar-refractivity contribution in [3.8, 4) is 10.6 Å². The highest BCUT2D eigenvalue weighted by atomic mass is 32.1. The van der Waals surface area contributed by atoms with Gasteiger partial charge in [0.25, 0.3) is 0 Å². The van der Waals surface area contributed by atoms with Crippen LogP contribution in [0.4, 0.5) is 0 Å². The van der Waals surface area contributed by atoms with Gasteiger partial charge in [0.1, 0.15) is 5.69 Å². The average molecular weight is 294 g/mol. The Morgan fingerprint density at radius 3 is 2.45 bits per heavy atom. The summed E-state index contributed by atoms with van der Waals surface area (Å²) in [6.07, 6.45) is 1.76. The van der Waals surface area contributed by atoms with Gasteiger partial charge in [-0.15, -0.1) is 16.4 Å². The molecule has 20 heavy (non-hydrogen) atoms. The SMILES string of the molecule is CCC(CC)n1nnc(C(=O)O)c1-c1sc(C)nc1C. The number of thiazole rings is 1. The van der Waals surface area contributed by atoms with Crippen molar-refractivity contribution >= 4 is 17.3 Å². The lowest BCUT2D eigenvalue weighted by atomic mass is 10.1. The van der Waals surface area contributed by atoms with E-state index in [9.17, 15) is 9.90 Å². The van der Waals surface area contributed by atoms with E-state index in [0.717, 1.165) is 28.4 Å². The molecular weight excluding hydrogens is 276 g/mol. The minimum absolute atomic E-state index is 0.00338. The molecule has 0 radical (unpaired) electrons. The van der Waals surface area contributed by atoms with Gasteiger partial charge in [-0.25, -0.2) is 14.5 Å². The third-order valence-electron chi connectivity index (χ3n) is 3.30. The van der Waals surface area contributed by atoms with E-state index in [1.807, 2.05) is 13.8 Å². The normalized spacial score (nSPS) is 11.2. The van der Waals surface area contributed by atoms with E-state index in [4.69, 9.17) is 0 Å². The quantitative estimate of drug-likeness (QED) is 0.916. The van der Waals surface area contributed by atoms with Gasteiger partial charge in [-0.05, 0) is 26.7 Å². The topological polar surface area (TPSA) is 80.9 Å². The summed E-state index contributed by atoms with van der Waals surface area (Å²) < 4.78 is 1.74. The van der Waals surface area contributed by atoms with Crippen molar-refractivity contribution in [3.05, 3.63) is 16.4 Å². The molecule has 0 unspecified atom stereocenters. The molecule has 2 aromatic heterocycles. The number of hydrogen-bond donors (Lipinski definition) is 1. The number of aryl methyl sites for hydroxylation is 2. The fourth-order valence-corrected chi connectivity index (χ4v) is 3.25. The van der Waals surface area contributed by atoms with Gasteiger partial charge >= 0.3 is 5.97 Å². The molecule has 0 atom stereocenters. The van der Waals surface area contributed by atoms with E-state index in [0.29, 0.717) is 5.69 Å². The molecule has 6 nitrogen and oxygen atoms in total. The number of hydrogen-bond acceptors (Lipinski definition) is 5. The Hall–Kier alpha value is -1.76. The molecule has 0 fully saturated rings. The van der Waals surface area contributed by atoms with Crippen LogP contribution in [-0.4, -0.2) is 31.1 Å². The molecule has 2 heterocycles. The minimum Gasteiger partial charge on any atom is -0.476 e. The molecule has 0 aliphatic carbocycles. The van der Waals surface area contributed by atoms with E-state index < -0.39 is 5.97 Å². The van der Waals surface area contributed by atoms with Crippen molar-refractivity contribution in [1.82, 2.24) is 20.0 Å². The largest absolute Gasteiger partial charge is 0.476 e. The molecule has 7 heteroatoms. The first kappa shape index (κ1) is 14.6. The van der Waals surface area contributed by atoms with Crippen molar-refractivity contribution in [2.75, 3.05) is 0 Å². The number of rotatable bonds is 5. The van der Waals surface area contributed by atoms with Crippen molar-refractivity contribution < 1.29 is 9.90 Å². The van der Waals surface area contributed by atoms with Gasteiger partial charge in [0.15, 0.2) is 5.69 Å². The van der Waals surface area contributed by atoms with Crippen LogP contribution in [0.1, 0.15) is 53.9 Å². The summed E-state index contributed by atoms with van der Waals surface area (Å²) in [7, 11) is 0. The number of carboxylic acid groups (broad SMARTS) is 1. The molecule has 1 N–H and O–H groups in total. The Kier molecular flexibility index (Phi) is 4.17. The van der Waals surface area contributed by atoms with Crippen LogP contribution in [0.15, 0.2) is 0 Å². The van der Waals surface area contributed by atoms with Crippen LogP contribution in [0.5, 0.6) is 0 Å². The fraction of sp³-hybridized carbons (Fsp3) is 0.538. The zero-order valence-electron chi connectivity index (χ0n) is 12.0. The van der Waals surface area contributed by atoms with Crippen molar-refractivity contribution in [2.45, 2.75) is 46.6 Å². The summed E-state index contributed by atoms with van der Waals surface area (Å²) in [6.45, 7) is 7.91. The molecule has 0 spiro atoms. The monoisotopic (exact) mass is 294 g/mol. The van der Waals surface area contributed by atoms with E-state index in [2.05, 4.69) is 29.1 Å². The van der Waals surface area contributed by atoms with Gasteiger partial charge in [-0.1, -0.05) is 19.1 Å². The highest BCUT2D eigenvalue weighted by molar-refractivity contribution is 7.15. The third-order valence-corrected chi connectivity index (χ3v) is 4.38. The van der Waals surface area contributed by atoms with Gasteiger partial charge in [0.2, 0.25) is 0 Å².